The zero-order valence-corrected chi connectivity index (χ0v) is 12.6. The van der Waals surface area contributed by atoms with E-state index in [0.717, 1.165) is 5.56 Å². The van der Waals surface area contributed by atoms with E-state index in [1.54, 1.807) is 34.7 Å². The Bertz CT molecular complexity index is 590. The van der Waals surface area contributed by atoms with Gasteiger partial charge in [0.25, 0.3) is 0 Å². The molecule has 0 spiro atoms. The van der Waals surface area contributed by atoms with Crippen LogP contribution in [-0.4, -0.2) is 23.4 Å². The third-order valence-electron chi connectivity index (χ3n) is 2.15. The van der Waals surface area contributed by atoms with Crippen molar-refractivity contribution in [1.82, 2.24) is 10.4 Å². The molecule has 0 atom stereocenters. The maximum absolute atomic E-state index is 11.6. The van der Waals surface area contributed by atoms with E-state index in [1.165, 1.54) is 15.5 Å². The standard InChI is InChI=1S/C11H12N4OS3/c1-17-10-7(2-3-18-10)5-13-15-9(16)4-8-6-19-11(12)14-8/h2-3,5-6H,4H2,1H3,(H2,12,14)(H,15,16). The van der Waals surface area contributed by atoms with Crippen molar-refractivity contribution in [2.24, 2.45) is 5.10 Å². The molecule has 0 radical (unpaired) electrons. The zero-order chi connectivity index (χ0) is 13.7. The molecular formula is C11H12N4OS3. The van der Waals surface area contributed by atoms with E-state index in [-0.39, 0.29) is 12.3 Å². The average molecular weight is 312 g/mol. The highest BCUT2D eigenvalue weighted by atomic mass is 32.2. The number of carbonyl (C=O) groups is 1. The SMILES string of the molecule is CSc1sccc1C=NNC(=O)Cc1csc(N)n1. The number of thiophene rings is 1. The van der Waals surface area contributed by atoms with Gasteiger partial charge in [-0.15, -0.1) is 34.4 Å². The van der Waals surface area contributed by atoms with Crippen LogP contribution in [0.4, 0.5) is 5.13 Å². The molecule has 0 bridgehead atoms. The van der Waals surface area contributed by atoms with Gasteiger partial charge < -0.3 is 5.73 Å². The molecule has 19 heavy (non-hydrogen) atoms. The predicted octanol–water partition coefficient (Wildman–Crippen LogP) is 2.20. The first-order chi connectivity index (χ1) is 9.19. The van der Waals surface area contributed by atoms with Crippen molar-refractivity contribution >= 4 is 51.7 Å². The lowest BCUT2D eigenvalue weighted by Gasteiger charge is -1.97. The fourth-order valence-electron chi connectivity index (χ4n) is 1.35. The molecule has 0 fully saturated rings. The monoisotopic (exact) mass is 312 g/mol. The van der Waals surface area contributed by atoms with Crippen LogP contribution in [0.15, 0.2) is 26.1 Å². The number of thioether (sulfide) groups is 1. The van der Waals surface area contributed by atoms with Gasteiger partial charge in [0.15, 0.2) is 5.13 Å². The molecule has 0 aliphatic heterocycles. The van der Waals surface area contributed by atoms with Crippen molar-refractivity contribution in [3.8, 4) is 0 Å². The molecule has 2 rings (SSSR count). The van der Waals surface area contributed by atoms with Gasteiger partial charge in [-0.3, -0.25) is 4.79 Å². The van der Waals surface area contributed by atoms with Gasteiger partial charge in [-0.25, -0.2) is 10.4 Å². The highest BCUT2D eigenvalue weighted by Gasteiger charge is 2.05. The summed E-state index contributed by atoms with van der Waals surface area (Å²) < 4.78 is 1.17. The molecule has 2 heterocycles. The third-order valence-corrected chi connectivity index (χ3v) is 4.99. The number of aromatic nitrogens is 1. The summed E-state index contributed by atoms with van der Waals surface area (Å²) in [6.07, 6.45) is 3.84. The molecule has 0 saturated carbocycles. The Hall–Kier alpha value is -1.38. The second-order valence-electron chi connectivity index (χ2n) is 3.51. The molecule has 0 unspecified atom stereocenters. The maximum Gasteiger partial charge on any atom is 0.246 e. The van der Waals surface area contributed by atoms with E-state index in [1.807, 2.05) is 17.7 Å². The summed E-state index contributed by atoms with van der Waals surface area (Å²) in [4.78, 5) is 15.6. The first kappa shape index (κ1) is 14.0. The molecule has 2 aromatic heterocycles. The van der Waals surface area contributed by atoms with Crippen molar-refractivity contribution in [3.63, 3.8) is 0 Å². The van der Waals surface area contributed by atoms with Gasteiger partial charge in [-0.2, -0.15) is 5.10 Å². The number of rotatable bonds is 5. The first-order valence-electron chi connectivity index (χ1n) is 5.32. The largest absolute Gasteiger partial charge is 0.375 e. The van der Waals surface area contributed by atoms with Crippen molar-refractivity contribution in [1.29, 1.82) is 0 Å². The molecule has 5 nitrogen and oxygen atoms in total. The summed E-state index contributed by atoms with van der Waals surface area (Å²) in [6.45, 7) is 0. The molecule has 100 valence electrons. The predicted molar refractivity (Wildman–Crippen MR) is 82.1 cm³/mol. The van der Waals surface area contributed by atoms with Crippen molar-refractivity contribution < 1.29 is 4.79 Å². The smallest absolute Gasteiger partial charge is 0.246 e. The second-order valence-corrected chi connectivity index (χ2v) is 6.40. The minimum atomic E-state index is -0.206. The average Bonchev–Trinajstić information content (AvgIpc) is 2.98. The van der Waals surface area contributed by atoms with E-state index < -0.39 is 0 Å². The van der Waals surface area contributed by atoms with E-state index in [0.29, 0.717) is 10.8 Å². The van der Waals surface area contributed by atoms with Crippen LogP contribution < -0.4 is 11.2 Å². The Morgan fingerprint density at radius 1 is 1.63 bits per heavy atom. The maximum atomic E-state index is 11.6. The van der Waals surface area contributed by atoms with E-state index in [2.05, 4.69) is 15.5 Å². The fourth-order valence-corrected chi connectivity index (χ4v) is 3.41. The highest BCUT2D eigenvalue weighted by Crippen LogP contribution is 2.25. The Kier molecular flexibility index (Phi) is 4.94. The molecule has 0 aromatic carbocycles. The molecule has 2 aromatic rings. The van der Waals surface area contributed by atoms with Gasteiger partial charge in [0, 0.05) is 10.9 Å². The summed E-state index contributed by atoms with van der Waals surface area (Å²) in [5.41, 5.74) is 9.65. The zero-order valence-electron chi connectivity index (χ0n) is 10.1. The van der Waals surface area contributed by atoms with Crippen LogP contribution in [0.2, 0.25) is 0 Å². The van der Waals surface area contributed by atoms with Crippen molar-refractivity contribution in [2.45, 2.75) is 10.6 Å². The highest BCUT2D eigenvalue weighted by molar-refractivity contribution is 8.00. The molecule has 8 heteroatoms. The number of hydrogen-bond acceptors (Lipinski definition) is 7. The minimum Gasteiger partial charge on any atom is -0.375 e. The quantitative estimate of drug-likeness (QED) is 0.504. The molecule has 1 amide bonds. The third kappa shape index (κ3) is 4.05. The number of nitrogens with two attached hydrogens (primary N) is 1. The van der Waals surface area contributed by atoms with E-state index in [4.69, 9.17) is 5.73 Å². The number of nitrogen functional groups attached to an aromatic ring is 1. The topological polar surface area (TPSA) is 80.4 Å². The van der Waals surface area contributed by atoms with Gasteiger partial charge in [0.1, 0.15) is 0 Å². The summed E-state index contributed by atoms with van der Waals surface area (Å²) in [6, 6.07) is 1.97. The van der Waals surface area contributed by atoms with Crippen LogP contribution in [0.1, 0.15) is 11.3 Å². The van der Waals surface area contributed by atoms with E-state index >= 15 is 0 Å². The number of hydrogen-bond donors (Lipinski definition) is 2. The number of thiazole rings is 1. The van der Waals surface area contributed by atoms with Gasteiger partial charge in [-0.1, -0.05) is 0 Å². The van der Waals surface area contributed by atoms with Gasteiger partial charge in [0.05, 0.1) is 22.5 Å². The molecule has 0 aliphatic carbocycles. The van der Waals surface area contributed by atoms with Crippen LogP contribution in [0, 0.1) is 0 Å². The number of nitrogens with zero attached hydrogens (tertiary/aromatic N) is 2. The lowest BCUT2D eigenvalue weighted by atomic mass is 10.3. The molecular weight excluding hydrogens is 300 g/mol. The summed E-state index contributed by atoms with van der Waals surface area (Å²) in [7, 11) is 0. The van der Waals surface area contributed by atoms with Crippen molar-refractivity contribution in [2.75, 3.05) is 12.0 Å². The van der Waals surface area contributed by atoms with Crippen molar-refractivity contribution in [3.05, 3.63) is 28.1 Å². The Morgan fingerprint density at radius 3 is 3.16 bits per heavy atom. The van der Waals surface area contributed by atoms with E-state index in [9.17, 15) is 4.79 Å². The van der Waals surface area contributed by atoms with Crippen LogP contribution in [-0.2, 0) is 11.2 Å². The molecule has 0 aliphatic rings. The van der Waals surface area contributed by atoms with Gasteiger partial charge in [-0.05, 0) is 17.7 Å². The molecule has 0 saturated heterocycles. The molecule has 3 N–H and O–H groups in total. The van der Waals surface area contributed by atoms with Gasteiger partial charge in [0.2, 0.25) is 5.91 Å². The van der Waals surface area contributed by atoms with Crippen LogP contribution in [0.3, 0.4) is 0 Å². The summed E-state index contributed by atoms with van der Waals surface area (Å²) in [5.74, 6) is -0.206. The van der Waals surface area contributed by atoms with Crippen LogP contribution in [0.5, 0.6) is 0 Å². The Balaban J connectivity index is 1.86. The Labute approximate surface area is 122 Å². The number of amides is 1. The van der Waals surface area contributed by atoms with Crippen LogP contribution in [0.25, 0.3) is 0 Å². The number of anilines is 1. The Morgan fingerprint density at radius 2 is 2.47 bits per heavy atom. The first-order valence-corrected chi connectivity index (χ1v) is 8.30. The van der Waals surface area contributed by atoms with Crippen LogP contribution >= 0.6 is 34.4 Å². The second kappa shape index (κ2) is 6.69. The normalized spacial score (nSPS) is 11.0. The lowest BCUT2D eigenvalue weighted by molar-refractivity contribution is -0.120. The fraction of sp³-hybridized carbons (Fsp3) is 0.182. The lowest BCUT2D eigenvalue weighted by Crippen LogP contribution is -2.19. The number of hydrazone groups is 1. The number of nitrogens with one attached hydrogen (secondary N) is 1. The minimum absolute atomic E-state index is 0.185. The summed E-state index contributed by atoms with van der Waals surface area (Å²) in [5, 5.41) is 8.17. The number of carbonyl (C=O) groups excluding carboxylic acids is 1. The summed E-state index contributed by atoms with van der Waals surface area (Å²) >= 11 is 4.63. The van der Waals surface area contributed by atoms with Gasteiger partial charge >= 0.3 is 0 Å².